The van der Waals surface area contributed by atoms with E-state index in [-0.39, 0.29) is 11.3 Å². The van der Waals surface area contributed by atoms with E-state index in [1.807, 2.05) is 25.1 Å². The van der Waals surface area contributed by atoms with Gasteiger partial charge in [0.05, 0.1) is 12.7 Å². The molecule has 0 radical (unpaired) electrons. The van der Waals surface area contributed by atoms with Gasteiger partial charge in [0, 0.05) is 5.56 Å². The van der Waals surface area contributed by atoms with Crippen LogP contribution in [-0.4, -0.2) is 18.5 Å². The molecule has 1 N–H and O–H groups in total. The van der Waals surface area contributed by atoms with Gasteiger partial charge in [0.15, 0.2) is 6.29 Å². The molecule has 92 valence electrons. The van der Waals surface area contributed by atoms with Crippen molar-refractivity contribution < 1.29 is 14.6 Å². The average molecular weight is 242 g/mol. The average Bonchev–Trinajstić information content (AvgIpc) is 2.38. The maximum absolute atomic E-state index is 10.7. The van der Waals surface area contributed by atoms with Crippen molar-refractivity contribution in [1.29, 1.82) is 0 Å². The topological polar surface area (TPSA) is 46.5 Å². The second-order valence-corrected chi connectivity index (χ2v) is 4.10. The molecule has 0 atom stereocenters. The largest absolute Gasteiger partial charge is 0.507 e. The van der Waals surface area contributed by atoms with E-state index in [1.165, 1.54) is 0 Å². The fourth-order valence-corrected chi connectivity index (χ4v) is 1.86. The highest BCUT2D eigenvalue weighted by atomic mass is 16.5. The molecular formula is C15H14O3. The molecule has 0 fully saturated rings. The summed E-state index contributed by atoms with van der Waals surface area (Å²) in [6, 6.07) is 10.8. The van der Waals surface area contributed by atoms with Crippen LogP contribution in [0.5, 0.6) is 11.5 Å². The summed E-state index contributed by atoms with van der Waals surface area (Å²) >= 11 is 0. The predicted octanol–water partition coefficient (Wildman–Crippen LogP) is 3.19. The summed E-state index contributed by atoms with van der Waals surface area (Å²) in [6.45, 7) is 1.99. The summed E-state index contributed by atoms with van der Waals surface area (Å²) in [5.41, 5.74) is 3.10. The number of aldehydes is 1. The van der Waals surface area contributed by atoms with Gasteiger partial charge in [-0.3, -0.25) is 4.79 Å². The quantitative estimate of drug-likeness (QED) is 0.841. The Balaban J connectivity index is 2.57. The van der Waals surface area contributed by atoms with Crippen molar-refractivity contribution in [3.8, 4) is 22.6 Å². The Kier molecular flexibility index (Phi) is 3.33. The number of phenolic OH excluding ortho intramolecular Hbond substituents is 1. The lowest BCUT2D eigenvalue weighted by molar-refractivity contribution is 0.112. The highest BCUT2D eigenvalue weighted by molar-refractivity contribution is 5.82. The number of carbonyl (C=O) groups excluding carboxylic acids is 1. The number of ether oxygens (including phenoxy) is 1. The van der Waals surface area contributed by atoms with Crippen molar-refractivity contribution in [2.75, 3.05) is 7.11 Å². The number of methoxy groups -OCH3 is 1. The van der Waals surface area contributed by atoms with Gasteiger partial charge in [0.2, 0.25) is 0 Å². The van der Waals surface area contributed by atoms with Crippen molar-refractivity contribution in [2.45, 2.75) is 6.92 Å². The Hall–Kier alpha value is -2.29. The van der Waals surface area contributed by atoms with Crippen LogP contribution in [-0.2, 0) is 0 Å². The van der Waals surface area contributed by atoms with E-state index >= 15 is 0 Å². The van der Waals surface area contributed by atoms with Crippen LogP contribution in [0.4, 0.5) is 0 Å². The van der Waals surface area contributed by atoms with Gasteiger partial charge in [-0.25, -0.2) is 0 Å². The van der Waals surface area contributed by atoms with Crippen molar-refractivity contribution in [1.82, 2.24) is 0 Å². The molecule has 18 heavy (non-hydrogen) atoms. The molecule has 3 nitrogen and oxygen atoms in total. The summed E-state index contributed by atoms with van der Waals surface area (Å²) in [7, 11) is 1.60. The number of hydrogen-bond acceptors (Lipinski definition) is 3. The lowest BCUT2D eigenvalue weighted by Crippen LogP contribution is -1.90. The lowest BCUT2D eigenvalue weighted by Gasteiger charge is -2.10. The van der Waals surface area contributed by atoms with Crippen LogP contribution < -0.4 is 4.74 Å². The van der Waals surface area contributed by atoms with E-state index in [0.717, 1.165) is 22.4 Å². The highest BCUT2D eigenvalue weighted by Gasteiger charge is 2.08. The van der Waals surface area contributed by atoms with Crippen LogP contribution in [0.1, 0.15) is 15.9 Å². The first-order valence-corrected chi connectivity index (χ1v) is 5.59. The Labute approximate surface area is 106 Å². The van der Waals surface area contributed by atoms with Crippen LogP contribution in [0, 0.1) is 6.92 Å². The molecule has 0 saturated heterocycles. The molecule has 2 aromatic rings. The normalized spacial score (nSPS) is 10.1. The van der Waals surface area contributed by atoms with Gasteiger partial charge in [-0.2, -0.15) is 0 Å². The van der Waals surface area contributed by atoms with Gasteiger partial charge in [0.25, 0.3) is 0 Å². The fraction of sp³-hybridized carbons (Fsp3) is 0.133. The number of benzene rings is 2. The minimum absolute atomic E-state index is 0.0222. The number of aryl methyl sites for hydroxylation is 1. The number of hydrogen-bond donors (Lipinski definition) is 1. The molecule has 3 heteroatoms. The van der Waals surface area contributed by atoms with E-state index in [4.69, 9.17) is 4.74 Å². The third kappa shape index (κ3) is 2.20. The minimum atomic E-state index is -0.0222. The molecule has 0 aliphatic heterocycles. The molecule has 0 unspecified atom stereocenters. The van der Waals surface area contributed by atoms with E-state index in [2.05, 4.69) is 0 Å². The third-order valence-corrected chi connectivity index (χ3v) is 2.82. The number of phenols is 1. The number of aromatic hydroxyl groups is 1. The molecule has 0 bridgehead atoms. The first-order valence-electron chi connectivity index (χ1n) is 5.59. The smallest absolute Gasteiger partial charge is 0.153 e. The van der Waals surface area contributed by atoms with Gasteiger partial charge in [-0.05, 0) is 36.8 Å². The molecule has 0 aliphatic carbocycles. The molecule has 0 aliphatic rings. The van der Waals surface area contributed by atoms with Crippen LogP contribution in [0.15, 0.2) is 36.4 Å². The Morgan fingerprint density at radius 1 is 1.17 bits per heavy atom. The Bertz CT molecular complexity index is 588. The van der Waals surface area contributed by atoms with Crippen LogP contribution in [0.3, 0.4) is 0 Å². The monoisotopic (exact) mass is 242 g/mol. The minimum Gasteiger partial charge on any atom is -0.507 e. The van der Waals surface area contributed by atoms with Crippen molar-refractivity contribution in [3.63, 3.8) is 0 Å². The predicted molar refractivity (Wildman–Crippen MR) is 70.2 cm³/mol. The summed E-state index contributed by atoms with van der Waals surface area (Å²) in [5, 5.41) is 9.71. The fourth-order valence-electron chi connectivity index (χ4n) is 1.86. The van der Waals surface area contributed by atoms with E-state index < -0.39 is 0 Å². The summed E-state index contributed by atoms with van der Waals surface area (Å²) in [4.78, 5) is 10.7. The van der Waals surface area contributed by atoms with Crippen LogP contribution >= 0.6 is 0 Å². The van der Waals surface area contributed by atoms with Gasteiger partial charge in [-0.1, -0.05) is 17.7 Å². The van der Waals surface area contributed by atoms with E-state index in [0.29, 0.717) is 6.29 Å². The standard InChI is InChI=1S/C15H14O3/c1-10-3-6-15(18-2)13(7-10)11-4-5-12(9-16)14(17)8-11/h3-9,17H,1-2H3. The van der Waals surface area contributed by atoms with E-state index in [1.54, 1.807) is 25.3 Å². The van der Waals surface area contributed by atoms with Gasteiger partial charge in [0.1, 0.15) is 11.5 Å². The van der Waals surface area contributed by atoms with Crippen molar-refractivity contribution in [3.05, 3.63) is 47.5 Å². The first-order chi connectivity index (χ1) is 8.65. The molecule has 2 rings (SSSR count). The van der Waals surface area contributed by atoms with Gasteiger partial charge < -0.3 is 9.84 Å². The zero-order valence-electron chi connectivity index (χ0n) is 10.3. The molecule has 0 spiro atoms. The molecule has 0 saturated carbocycles. The lowest BCUT2D eigenvalue weighted by atomic mass is 10.0. The number of carbonyl (C=O) groups is 1. The molecular weight excluding hydrogens is 228 g/mol. The van der Waals surface area contributed by atoms with Crippen molar-refractivity contribution in [2.24, 2.45) is 0 Å². The van der Waals surface area contributed by atoms with Gasteiger partial charge >= 0.3 is 0 Å². The van der Waals surface area contributed by atoms with E-state index in [9.17, 15) is 9.90 Å². The molecule has 0 aromatic heterocycles. The maximum Gasteiger partial charge on any atom is 0.153 e. The number of rotatable bonds is 3. The van der Waals surface area contributed by atoms with Crippen LogP contribution in [0.25, 0.3) is 11.1 Å². The van der Waals surface area contributed by atoms with Crippen LogP contribution in [0.2, 0.25) is 0 Å². The highest BCUT2D eigenvalue weighted by Crippen LogP contribution is 2.33. The Morgan fingerprint density at radius 2 is 1.94 bits per heavy atom. The summed E-state index contributed by atoms with van der Waals surface area (Å²) in [6.07, 6.45) is 0.632. The third-order valence-electron chi connectivity index (χ3n) is 2.82. The Morgan fingerprint density at radius 3 is 2.56 bits per heavy atom. The van der Waals surface area contributed by atoms with Crippen molar-refractivity contribution >= 4 is 6.29 Å². The summed E-state index contributed by atoms with van der Waals surface area (Å²) < 4.78 is 5.30. The second-order valence-electron chi connectivity index (χ2n) is 4.10. The second kappa shape index (κ2) is 4.92. The summed E-state index contributed by atoms with van der Waals surface area (Å²) in [5.74, 6) is 0.713. The molecule has 0 heterocycles. The zero-order valence-corrected chi connectivity index (χ0v) is 10.3. The first kappa shape index (κ1) is 12.2. The molecule has 2 aromatic carbocycles. The zero-order chi connectivity index (χ0) is 13.1. The molecule has 0 amide bonds. The van der Waals surface area contributed by atoms with Gasteiger partial charge in [-0.15, -0.1) is 0 Å². The maximum atomic E-state index is 10.7. The SMILES string of the molecule is COc1ccc(C)cc1-c1ccc(C=O)c(O)c1.